The zero-order valence-electron chi connectivity index (χ0n) is 46.4. The van der Waals surface area contributed by atoms with Crippen molar-refractivity contribution in [3.63, 3.8) is 0 Å². The Labute approximate surface area is 455 Å². The average molecular weight is 1120 g/mol. The molecule has 4 aliphatic heterocycles. The molecule has 4 saturated heterocycles. The minimum Gasteiger partial charge on any atom is -0.467 e. The van der Waals surface area contributed by atoms with Crippen LogP contribution in [0.5, 0.6) is 0 Å². The van der Waals surface area contributed by atoms with Crippen molar-refractivity contribution in [2.45, 2.75) is 248 Å². The van der Waals surface area contributed by atoms with Crippen LogP contribution in [-0.2, 0) is 47.4 Å². The normalized spacial score (nSPS) is 56.3. The summed E-state index contributed by atoms with van der Waals surface area (Å²) >= 11 is 0. The monoisotopic (exact) mass is 1120 g/mol. The Morgan fingerprint density at radius 3 is 1.71 bits per heavy atom. The van der Waals surface area contributed by atoms with Gasteiger partial charge < -0.3 is 109 Å². The summed E-state index contributed by atoms with van der Waals surface area (Å²) in [6.45, 7) is 15.1. The number of carbonyl (C=O) groups is 1. The number of aliphatic hydroxyl groups is 13. The van der Waals surface area contributed by atoms with Crippen LogP contribution in [-0.4, -0.2) is 234 Å². The van der Waals surface area contributed by atoms with Gasteiger partial charge in [-0.1, -0.05) is 53.2 Å². The summed E-state index contributed by atoms with van der Waals surface area (Å²) in [5.41, 5.74) is -1.54. The first kappa shape index (κ1) is 60.9. The fraction of sp³-hybridized carbons (Fsp3) is 0.945. The zero-order chi connectivity index (χ0) is 57.1. The standard InChI is InChI=1S/C55H90O23/c1-23-32(59)35(62)40(67)46(71-23)75-31-19-50(3,21-57)18-26-25-10-11-29-52(5)14-13-30(53(6,22-58)28(52)12-15-55(29,8)54(25,7)17-16-51(26,31)4)74-49-44(39(66)38(65)42(76-49)45(69)70-9)78-48-43(37(64)34(61)27(20-56)73-48)77-47-41(68)36(63)33(60)24(2)72-47/h10,23-24,26-44,46-49,56-68H,11-22H2,1-9H3/t23-,24-,26-,27+,28?,29?,30-,31+,32-,33-,34+,35+,36+,37-,38-,39-,40+,41+,42-,43+,44+,46-,47-,48-,49+,50-,51+,52-,53+,54+,55+/m0/s1. The van der Waals surface area contributed by atoms with E-state index >= 15 is 0 Å². The highest BCUT2D eigenvalue weighted by Gasteiger charge is 2.70. The number of hydrogen-bond acceptors (Lipinski definition) is 23. The predicted octanol–water partition coefficient (Wildman–Crippen LogP) is -1.38. The highest BCUT2D eigenvalue weighted by atomic mass is 16.8. The highest BCUT2D eigenvalue weighted by Crippen LogP contribution is 2.76. The molecule has 0 bridgehead atoms. The number of aliphatic hydroxyl groups excluding tert-OH is 13. The van der Waals surface area contributed by atoms with E-state index in [1.54, 1.807) is 6.92 Å². The summed E-state index contributed by atoms with van der Waals surface area (Å²) in [5, 5.41) is 143. The van der Waals surface area contributed by atoms with Gasteiger partial charge in [0.15, 0.2) is 31.3 Å². The van der Waals surface area contributed by atoms with Crippen molar-refractivity contribution in [3.8, 4) is 0 Å². The number of hydrogen-bond donors (Lipinski definition) is 13. The van der Waals surface area contributed by atoms with Crippen molar-refractivity contribution in [2.24, 2.45) is 50.2 Å². The molecule has 4 saturated carbocycles. The number of ether oxygens (including phenoxy) is 9. The van der Waals surface area contributed by atoms with Crippen LogP contribution in [0.3, 0.4) is 0 Å². The second-order valence-corrected chi connectivity index (χ2v) is 26.4. The Morgan fingerprint density at radius 1 is 0.564 bits per heavy atom. The van der Waals surface area contributed by atoms with Gasteiger partial charge in [0.1, 0.15) is 79.4 Å². The summed E-state index contributed by atoms with van der Waals surface area (Å²) in [6.07, 6.45) is -25.1. The van der Waals surface area contributed by atoms with Crippen LogP contribution in [0, 0.1) is 50.2 Å². The number of esters is 1. The molecular weight excluding hydrogens is 1030 g/mol. The summed E-state index contributed by atoms with van der Waals surface area (Å²) in [6, 6.07) is 0. The van der Waals surface area contributed by atoms with Crippen LogP contribution in [0.15, 0.2) is 11.6 Å². The van der Waals surface area contributed by atoms with Crippen molar-refractivity contribution < 1.29 is 114 Å². The van der Waals surface area contributed by atoms with Gasteiger partial charge in [-0.25, -0.2) is 4.79 Å². The summed E-state index contributed by atoms with van der Waals surface area (Å²) in [4.78, 5) is 13.2. The van der Waals surface area contributed by atoms with Gasteiger partial charge in [-0.3, -0.25) is 0 Å². The first-order valence-corrected chi connectivity index (χ1v) is 28.2. The van der Waals surface area contributed by atoms with Gasteiger partial charge in [0.2, 0.25) is 0 Å². The fourth-order valence-electron chi connectivity index (χ4n) is 16.7. The van der Waals surface area contributed by atoms with Crippen molar-refractivity contribution >= 4 is 5.97 Å². The number of rotatable bonds is 12. The fourth-order valence-corrected chi connectivity index (χ4v) is 16.7. The predicted molar refractivity (Wildman–Crippen MR) is 268 cm³/mol. The van der Waals surface area contributed by atoms with Gasteiger partial charge in [-0.05, 0) is 111 Å². The van der Waals surface area contributed by atoms with Gasteiger partial charge in [0.05, 0.1) is 44.7 Å². The number of fused-ring (bicyclic) bond motifs is 7. The lowest BCUT2D eigenvalue weighted by atomic mass is 9.33. The molecule has 5 aliphatic carbocycles. The Hall–Kier alpha value is -1.63. The molecule has 0 radical (unpaired) electrons. The second kappa shape index (κ2) is 22.1. The van der Waals surface area contributed by atoms with Gasteiger partial charge in [0.25, 0.3) is 0 Å². The van der Waals surface area contributed by atoms with E-state index < -0.39 is 164 Å². The Morgan fingerprint density at radius 2 is 1.13 bits per heavy atom. The minimum atomic E-state index is -1.99. The third kappa shape index (κ3) is 9.68. The van der Waals surface area contributed by atoms with Gasteiger partial charge in [-0.2, -0.15) is 0 Å². The van der Waals surface area contributed by atoms with E-state index in [-0.39, 0.29) is 47.2 Å². The van der Waals surface area contributed by atoms with Gasteiger partial charge in [-0.15, -0.1) is 0 Å². The lowest BCUT2D eigenvalue weighted by Crippen LogP contribution is -2.68. The minimum absolute atomic E-state index is 0.00850. The number of methoxy groups -OCH3 is 1. The van der Waals surface area contributed by atoms with Gasteiger partial charge >= 0.3 is 5.97 Å². The van der Waals surface area contributed by atoms with Gasteiger partial charge in [0, 0.05) is 17.4 Å². The molecule has 0 aromatic carbocycles. The molecule has 9 aliphatic rings. The molecule has 0 aromatic heterocycles. The first-order chi connectivity index (χ1) is 36.5. The van der Waals surface area contributed by atoms with Crippen molar-refractivity contribution in [2.75, 3.05) is 26.9 Å². The first-order valence-electron chi connectivity index (χ1n) is 28.2. The molecular formula is C55H90O23. The average Bonchev–Trinajstić information content (AvgIpc) is 3.40. The lowest BCUT2D eigenvalue weighted by Gasteiger charge is -2.72. The van der Waals surface area contributed by atoms with Crippen molar-refractivity contribution in [3.05, 3.63) is 11.6 Å². The maximum atomic E-state index is 13.2. The summed E-state index contributed by atoms with van der Waals surface area (Å²) in [5.74, 6) is -1.08. The molecule has 23 nitrogen and oxygen atoms in total. The molecule has 0 spiro atoms. The SMILES string of the molecule is COC(=O)[C@H]1O[C@@H](O[C@H]2CC[C@@]3(C)C(CC[C@]4(C)C3CC=C3[C@@H]5C[C@](C)(CO)C[C@@H](O[C@@H]6O[C@@H](C)[C@H](O)[C@@H](O)[C@H]6O)[C@]5(C)CC[C@]34C)[C@@]2(C)CO)[C@H](O[C@@H]2O[C@H](CO)[C@@H](O)[C@H](O)[C@H]2O[C@@H]2O[C@@H](C)[C@H](O)[C@@H](O)[C@H]2O)[C@@H](O)[C@@H]1O. The van der Waals surface area contributed by atoms with Crippen LogP contribution in [0.4, 0.5) is 0 Å². The summed E-state index contributed by atoms with van der Waals surface area (Å²) < 4.78 is 54.5. The molecule has 78 heavy (non-hydrogen) atoms. The molecule has 23 heteroatoms. The van der Waals surface area contributed by atoms with Crippen LogP contribution < -0.4 is 0 Å². The topological polar surface area (TPSA) is 363 Å². The molecule has 448 valence electrons. The van der Waals surface area contributed by atoms with Crippen LogP contribution >= 0.6 is 0 Å². The van der Waals surface area contributed by atoms with E-state index in [4.69, 9.17) is 42.6 Å². The van der Waals surface area contributed by atoms with E-state index in [0.29, 0.717) is 32.1 Å². The highest BCUT2D eigenvalue weighted by molar-refractivity contribution is 5.75. The van der Waals surface area contributed by atoms with Crippen LogP contribution in [0.1, 0.15) is 113 Å². The van der Waals surface area contributed by atoms with E-state index in [1.165, 1.54) is 12.5 Å². The Balaban J connectivity index is 0.991. The molecule has 0 aromatic rings. The largest absolute Gasteiger partial charge is 0.467 e. The smallest absolute Gasteiger partial charge is 0.337 e. The quantitative estimate of drug-likeness (QED) is 0.0608. The maximum absolute atomic E-state index is 13.2. The summed E-state index contributed by atoms with van der Waals surface area (Å²) in [7, 11) is 1.07. The van der Waals surface area contributed by atoms with Crippen LogP contribution in [0.25, 0.3) is 0 Å². The van der Waals surface area contributed by atoms with E-state index in [9.17, 15) is 71.2 Å². The van der Waals surface area contributed by atoms with Crippen molar-refractivity contribution in [1.29, 1.82) is 0 Å². The molecule has 31 atom stereocenters. The number of carbonyl (C=O) groups excluding carboxylic acids is 1. The molecule has 0 amide bonds. The Bertz CT molecular complexity index is 2160. The third-order valence-electron chi connectivity index (χ3n) is 22.0. The molecule has 8 fully saturated rings. The van der Waals surface area contributed by atoms with Crippen LogP contribution in [0.2, 0.25) is 0 Å². The van der Waals surface area contributed by atoms with E-state index in [2.05, 4.69) is 40.7 Å². The molecule has 9 rings (SSSR count). The maximum Gasteiger partial charge on any atom is 0.337 e. The van der Waals surface area contributed by atoms with E-state index in [1.807, 2.05) is 6.92 Å². The second-order valence-electron chi connectivity index (χ2n) is 26.4. The Kier molecular flexibility index (Phi) is 17.3. The lowest BCUT2D eigenvalue weighted by molar-refractivity contribution is -0.396. The van der Waals surface area contributed by atoms with Crippen molar-refractivity contribution in [1.82, 2.24) is 0 Å². The zero-order valence-corrected chi connectivity index (χ0v) is 46.4. The molecule has 2 unspecified atom stereocenters. The number of allylic oxidation sites excluding steroid dienone is 2. The van der Waals surface area contributed by atoms with E-state index in [0.717, 1.165) is 32.8 Å². The molecule has 13 N–H and O–H groups in total. The third-order valence-corrected chi connectivity index (χ3v) is 22.0. The molecule has 4 heterocycles.